The highest BCUT2D eigenvalue weighted by atomic mass is 16.1. The molecule has 1 fully saturated rings. The van der Waals surface area contributed by atoms with Crippen molar-refractivity contribution in [1.29, 1.82) is 0 Å². The Hall–Kier alpha value is -1.30. The van der Waals surface area contributed by atoms with Crippen LogP contribution in [0.25, 0.3) is 0 Å². The number of hydrogen-bond donors (Lipinski definition) is 1. The predicted octanol–water partition coefficient (Wildman–Crippen LogP) is -0.0897. The van der Waals surface area contributed by atoms with Crippen molar-refractivity contribution in [1.82, 2.24) is 20.2 Å². The van der Waals surface area contributed by atoms with E-state index in [9.17, 15) is 4.79 Å². The van der Waals surface area contributed by atoms with E-state index in [1.165, 1.54) is 4.80 Å². The molecule has 1 heterocycles. The molecule has 0 radical (unpaired) electrons. The molecule has 2 unspecified atom stereocenters. The van der Waals surface area contributed by atoms with E-state index in [0.29, 0.717) is 0 Å². The molecule has 2 atom stereocenters. The Bertz CT molecular complexity index is 361. The zero-order chi connectivity index (χ0) is 10.8. The van der Waals surface area contributed by atoms with Crippen LogP contribution < -0.4 is 5.73 Å². The van der Waals surface area contributed by atoms with Crippen LogP contribution >= 0.6 is 0 Å². The van der Waals surface area contributed by atoms with Crippen molar-refractivity contribution in [2.45, 2.75) is 31.7 Å². The fraction of sp³-hybridized carbons (Fsp3) is 0.778. The van der Waals surface area contributed by atoms with E-state index in [0.717, 1.165) is 25.7 Å². The van der Waals surface area contributed by atoms with Crippen LogP contribution in [0.3, 0.4) is 0 Å². The summed E-state index contributed by atoms with van der Waals surface area (Å²) in [5.41, 5.74) is 5.92. The SMILES string of the molecule is Cn1nnc(C(=O)C2CCCCC2N)n1. The van der Waals surface area contributed by atoms with Gasteiger partial charge in [0.05, 0.1) is 7.05 Å². The Kier molecular flexibility index (Phi) is 2.77. The molecule has 0 aliphatic heterocycles. The van der Waals surface area contributed by atoms with Crippen LogP contribution in [0.2, 0.25) is 0 Å². The van der Waals surface area contributed by atoms with E-state index < -0.39 is 0 Å². The van der Waals surface area contributed by atoms with Crippen LogP contribution in [0, 0.1) is 5.92 Å². The third-order valence-corrected chi connectivity index (χ3v) is 2.88. The molecule has 1 aliphatic carbocycles. The summed E-state index contributed by atoms with van der Waals surface area (Å²) >= 11 is 0. The van der Waals surface area contributed by atoms with E-state index >= 15 is 0 Å². The maximum absolute atomic E-state index is 12.0. The summed E-state index contributed by atoms with van der Waals surface area (Å²) in [6.07, 6.45) is 3.93. The van der Waals surface area contributed by atoms with Gasteiger partial charge in [-0.1, -0.05) is 12.8 Å². The first-order chi connectivity index (χ1) is 7.18. The molecular weight excluding hydrogens is 194 g/mol. The summed E-state index contributed by atoms with van der Waals surface area (Å²) < 4.78 is 0. The second kappa shape index (κ2) is 4.06. The summed E-state index contributed by atoms with van der Waals surface area (Å²) in [6.45, 7) is 0. The Morgan fingerprint density at radius 3 is 2.80 bits per heavy atom. The average molecular weight is 209 g/mol. The molecule has 2 rings (SSSR count). The first-order valence-corrected chi connectivity index (χ1v) is 5.22. The van der Waals surface area contributed by atoms with E-state index in [1.807, 2.05) is 0 Å². The van der Waals surface area contributed by atoms with Gasteiger partial charge in [-0.2, -0.15) is 4.80 Å². The van der Waals surface area contributed by atoms with Gasteiger partial charge in [-0.15, -0.1) is 10.2 Å². The van der Waals surface area contributed by atoms with E-state index in [2.05, 4.69) is 15.4 Å². The van der Waals surface area contributed by atoms with Gasteiger partial charge in [-0.25, -0.2) is 0 Å². The maximum atomic E-state index is 12.0. The molecule has 0 aromatic carbocycles. The molecule has 6 heteroatoms. The predicted molar refractivity (Wildman–Crippen MR) is 53.1 cm³/mol. The minimum atomic E-state index is -0.122. The number of tetrazole rings is 1. The van der Waals surface area contributed by atoms with Crippen molar-refractivity contribution in [3.63, 3.8) is 0 Å². The highest BCUT2D eigenvalue weighted by Crippen LogP contribution is 2.25. The molecule has 1 aliphatic rings. The molecule has 82 valence electrons. The van der Waals surface area contributed by atoms with Gasteiger partial charge in [0, 0.05) is 12.0 Å². The lowest BCUT2D eigenvalue weighted by Gasteiger charge is -2.25. The van der Waals surface area contributed by atoms with Crippen LogP contribution in [0.4, 0.5) is 0 Å². The van der Waals surface area contributed by atoms with Crippen molar-refractivity contribution in [2.24, 2.45) is 18.7 Å². The number of carbonyl (C=O) groups is 1. The second-order valence-corrected chi connectivity index (χ2v) is 4.02. The molecule has 1 saturated carbocycles. The zero-order valence-corrected chi connectivity index (χ0v) is 8.76. The van der Waals surface area contributed by atoms with Gasteiger partial charge in [0.15, 0.2) is 0 Å². The third kappa shape index (κ3) is 2.04. The Morgan fingerprint density at radius 2 is 2.20 bits per heavy atom. The van der Waals surface area contributed by atoms with Crippen LogP contribution in [0.1, 0.15) is 36.3 Å². The van der Waals surface area contributed by atoms with Crippen LogP contribution in [-0.2, 0) is 7.05 Å². The minimum Gasteiger partial charge on any atom is -0.327 e. The van der Waals surface area contributed by atoms with Crippen LogP contribution in [-0.4, -0.2) is 32.0 Å². The molecule has 0 bridgehead atoms. The van der Waals surface area contributed by atoms with Crippen LogP contribution in [0.15, 0.2) is 0 Å². The summed E-state index contributed by atoms with van der Waals surface area (Å²) in [4.78, 5) is 13.3. The highest BCUT2D eigenvalue weighted by Gasteiger charge is 2.31. The lowest BCUT2D eigenvalue weighted by Crippen LogP contribution is -2.38. The van der Waals surface area contributed by atoms with Crippen molar-refractivity contribution in [3.05, 3.63) is 5.82 Å². The van der Waals surface area contributed by atoms with Gasteiger partial charge in [-0.05, 0) is 18.1 Å². The molecule has 1 aromatic rings. The Balaban J connectivity index is 2.13. The Labute approximate surface area is 87.8 Å². The molecule has 0 amide bonds. The molecule has 6 nitrogen and oxygen atoms in total. The number of hydrogen-bond acceptors (Lipinski definition) is 5. The number of nitrogens with two attached hydrogens (primary N) is 1. The number of Topliss-reactive ketones (excluding diaryl/α,β-unsaturated/α-hetero) is 1. The van der Waals surface area contributed by atoms with Crippen molar-refractivity contribution >= 4 is 5.78 Å². The lowest BCUT2D eigenvalue weighted by atomic mass is 9.82. The number of ketones is 1. The van der Waals surface area contributed by atoms with E-state index in [1.54, 1.807) is 7.05 Å². The topological polar surface area (TPSA) is 86.7 Å². The van der Waals surface area contributed by atoms with Crippen molar-refractivity contribution in [3.8, 4) is 0 Å². The second-order valence-electron chi connectivity index (χ2n) is 4.02. The van der Waals surface area contributed by atoms with E-state index in [-0.39, 0.29) is 23.6 Å². The summed E-state index contributed by atoms with van der Waals surface area (Å²) in [6, 6.07) is -0.0462. The van der Waals surface area contributed by atoms with Crippen molar-refractivity contribution < 1.29 is 4.79 Å². The largest absolute Gasteiger partial charge is 0.327 e. The van der Waals surface area contributed by atoms with Crippen molar-refractivity contribution in [2.75, 3.05) is 0 Å². The number of carbonyl (C=O) groups excluding carboxylic acids is 1. The smallest absolute Gasteiger partial charge is 0.240 e. The third-order valence-electron chi connectivity index (χ3n) is 2.88. The molecule has 15 heavy (non-hydrogen) atoms. The molecule has 0 saturated heterocycles. The van der Waals surface area contributed by atoms with Crippen LogP contribution in [0.5, 0.6) is 0 Å². The molecule has 1 aromatic heterocycles. The zero-order valence-electron chi connectivity index (χ0n) is 8.76. The minimum absolute atomic E-state index is 0.0462. The molecule has 0 spiro atoms. The average Bonchev–Trinajstić information content (AvgIpc) is 2.65. The van der Waals surface area contributed by atoms with Gasteiger partial charge < -0.3 is 5.73 Å². The molecular formula is C9H15N5O. The standard InChI is InChI=1S/C9H15N5O/c1-14-12-9(11-13-14)8(15)6-4-2-3-5-7(6)10/h6-7H,2-5,10H2,1H3. The van der Waals surface area contributed by atoms with E-state index in [4.69, 9.17) is 5.73 Å². The maximum Gasteiger partial charge on any atom is 0.240 e. The summed E-state index contributed by atoms with van der Waals surface area (Å²) in [5.74, 6) is 0.0121. The fourth-order valence-electron chi connectivity index (χ4n) is 2.03. The van der Waals surface area contributed by atoms with Gasteiger partial charge in [0.1, 0.15) is 0 Å². The molecule has 2 N–H and O–H groups in total. The number of aryl methyl sites for hydroxylation is 1. The van der Waals surface area contributed by atoms with Gasteiger partial charge >= 0.3 is 0 Å². The first-order valence-electron chi connectivity index (χ1n) is 5.22. The normalized spacial score (nSPS) is 26.5. The number of nitrogens with zero attached hydrogens (tertiary/aromatic N) is 4. The highest BCUT2D eigenvalue weighted by molar-refractivity contribution is 5.94. The fourth-order valence-corrected chi connectivity index (χ4v) is 2.03. The lowest BCUT2D eigenvalue weighted by molar-refractivity contribution is 0.0859. The monoisotopic (exact) mass is 209 g/mol. The summed E-state index contributed by atoms with van der Waals surface area (Å²) in [7, 11) is 1.64. The number of rotatable bonds is 2. The van der Waals surface area contributed by atoms with Gasteiger partial charge in [-0.3, -0.25) is 4.79 Å². The van der Waals surface area contributed by atoms with Gasteiger partial charge in [0.2, 0.25) is 11.6 Å². The quantitative estimate of drug-likeness (QED) is 0.688. The Morgan fingerprint density at radius 1 is 1.47 bits per heavy atom. The van der Waals surface area contributed by atoms with Gasteiger partial charge in [0.25, 0.3) is 0 Å². The number of aromatic nitrogens is 4. The first kappa shape index (κ1) is 10.2. The summed E-state index contributed by atoms with van der Waals surface area (Å²) in [5, 5.41) is 11.3.